The highest BCUT2D eigenvalue weighted by Crippen LogP contribution is 2.48. The molecular weight excluding hydrogens is 326 g/mol. The van der Waals surface area contributed by atoms with E-state index in [9.17, 15) is 9.59 Å². The Labute approximate surface area is 145 Å². The summed E-state index contributed by atoms with van der Waals surface area (Å²) in [5, 5.41) is 9.87. The van der Waals surface area contributed by atoms with Gasteiger partial charge in [0.2, 0.25) is 0 Å². The van der Waals surface area contributed by atoms with Crippen molar-refractivity contribution in [2.75, 3.05) is 12.3 Å². The third-order valence-electron chi connectivity index (χ3n) is 3.95. The molecule has 0 spiro atoms. The lowest BCUT2D eigenvalue weighted by molar-refractivity contribution is -0.143. The van der Waals surface area contributed by atoms with Crippen molar-refractivity contribution >= 4 is 23.7 Å². The van der Waals surface area contributed by atoms with Crippen LogP contribution in [0.25, 0.3) is 0 Å². The lowest BCUT2D eigenvalue weighted by atomic mass is 9.93. The van der Waals surface area contributed by atoms with E-state index in [1.807, 2.05) is 49.1 Å². The highest BCUT2D eigenvalue weighted by molar-refractivity contribution is 8.03. The Morgan fingerprint density at radius 1 is 1.33 bits per heavy atom. The van der Waals surface area contributed by atoms with Gasteiger partial charge in [-0.2, -0.15) is 0 Å². The molecule has 1 atom stereocenters. The number of carboxylic acid groups (broad SMARTS) is 1. The minimum absolute atomic E-state index is 0.113. The van der Waals surface area contributed by atoms with Gasteiger partial charge in [0.15, 0.2) is 0 Å². The molecule has 2 aliphatic heterocycles. The molecule has 0 aromatic heterocycles. The first-order valence-electron chi connectivity index (χ1n) is 7.81. The summed E-state index contributed by atoms with van der Waals surface area (Å²) in [5.41, 5.74) is 2.38. The summed E-state index contributed by atoms with van der Waals surface area (Å²) < 4.78 is 5.44. The van der Waals surface area contributed by atoms with Crippen LogP contribution >= 0.6 is 11.8 Å². The zero-order chi connectivity index (χ0) is 17.3. The predicted molar refractivity (Wildman–Crippen MR) is 92.3 cm³/mol. The van der Waals surface area contributed by atoms with Crippen molar-refractivity contribution < 1.29 is 19.4 Å². The number of hydrogen-bond donors (Lipinski definition) is 1. The molecule has 2 heterocycles. The fraction of sp³-hybridized carbons (Fsp3) is 0.333. The predicted octanol–water partition coefficient (Wildman–Crippen LogP) is 2.96. The molecule has 0 saturated carbocycles. The molecule has 1 unspecified atom stereocenters. The van der Waals surface area contributed by atoms with Gasteiger partial charge >= 0.3 is 11.9 Å². The van der Waals surface area contributed by atoms with E-state index in [2.05, 4.69) is 0 Å². The lowest BCUT2D eigenvalue weighted by Crippen LogP contribution is -2.20. The van der Waals surface area contributed by atoms with Crippen LogP contribution in [0, 0.1) is 0 Å². The Hall–Kier alpha value is -2.21. The molecule has 1 aromatic rings. The van der Waals surface area contributed by atoms with E-state index in [-0.39, 0.29) is 18.0 Å². The largest absolute Gasteiger partial charge is 0.478 e. The fourth-order valence-corrected chi connectivity index (χ4v) is 4.25. The van der Waals surface area contributed by atoms with Crippen LogP contribution in [-0.4, -0.2) is 40.3 Å². The Balaban J connectivity index is 2.01. The van der Waals surface area contributed by atoms with E-state index in [4.69, 9.17) is 9.84 Å². The first-order valence-corrected chi connectivity index (χ1v) is 8.80. The summed E-state index contributed by atoms with van der Waals surface area (Å²) in [7, 11) is 0. The standard InChI is InChI=1S/C18H19NO4S/c1-11(2)23-18(22)16-14(12-6-4-3-5-7-12)9-19-13(8-15(20)21)10-24-17(16)19/h3-8,11,14H,9-10H2,1-2H3,(H,20,21). The van der Waals surface area contributed by atoms with Gasteiger partial charge in [-0.15, -0.1) is 11.8 Å². The summed E-state index contributed by atoms with van der Waals surface area (Å²) in [6.45, 7) is 4.21. The number of thioether (sulfide) groups is 1. The van der Waals surface area contributed by atoms with Crippen LogP contribution in [0.4, 0.5) is 0 Å². The van der Waals surface area contributed by atoms with E-state index >= 15 is 0 Å². The quantitative estimate of drug-likeness (QED) is 0.668. The Morgan fingerprint density at radius 2 is 2.04 bits per heavy atom. The molecule has 5 nitrogen and oxygen atoms in total. The molecule has 1 saturated heterocycles. The van der Waals surface area contributed by atoms with E-state index in [0.717, 1.165) is 16.3 Å². The number of rotatable bonds is 4. The zero-order valence-electron chi connectivity index (χ0n) is 13.6. The lowest BCUT2D eigenvalue weighted by Gasteiger charge is -2.18. The smallest absolute Gasteiger partial charge is 0.337 e. The highest BCUT2D eigenvalue weighted by Gasteiger charge is 2.42. The molecule has 3 rings (SSSR count). The highest BCUT2D eigenvalue weighted by atomic mass is 32.2. The summed E-state index contributed by atoms with van der Waals surface area (Å²) in [5.74, 6) is -0.846. The van der Waals surface area contributed by atoms with E-state index < -0.39 is 5.97 Å². The van der Waals surface area contributed by atoms with E-state index in [1.54, 1.807) is 0 Å². The third kappa shape index (κ3) is 3.19. The molecule has 6 heteroatoms. The Morgan fingerprint density at radius 3 is 2.67 bits per heavy atom. The zero-order valence-corrected chi connectivity index (χ0v) is 14.4. The maximum Gasteiger partial charge on any atom is 0.337 e. The van der Waals surface area contributed by atoms with Crippen molar-refractivity contribution in [3.8, 4) is 0 Å². The molecule has 0 bridgehead atoms. The summed E-state index contributed by atoms with van der Waals surface area (Å²) in [6, 6.07) is 9.79. The molecule has 24 heavy (non-hydrogen) atoms. The number of aliphatic carboxylic acids is 1. The van der Waals surface area contributed by atoms with Crippen LogP contribution < -0.4 is 0 Å². The van der Waals surface area contributed by atoms with Crippen molar-refractivity contribution in [3.05, 3.63) is 58.3 Å². The van der Waals surface area contributed by atoms with E-state index in [1.165, 1.54) is 17.8 Å². The van der Waals surface area contributed by atoms with Crippen molar-refractivity contribution in [2.24, 2.45) is 0 Å². The average Bonchev–Trinajstić information content (AvgIpc) is 3.07. The van der Waals surface area contributed by atoms with Crippen LogP contribution in [0.2, 0.25) is 0 Å². The van der Waals surface area contributed by atoms with Gasteiger partial charge in [-0.05, 0) is 19.4 Å². The van der Waals surface area contributed by atoms with Crippen molar-refractivity contribution in [1.82, 2.24) is 4.90 Å². The molecule has 2 aliphatic rings. The van der Waals surface area contributed by atoms with Crippen LogP contribution in [-0.2, 0) is 14.3 Å². The summed E-state index contributed by atoms with van der Waals surface area (Å²) in [6.07, 6.45) is 1.02. The number of esters is 1. The van der Waals surface area contributed by atoms with Gasteiger partial charge in [-0.1, -0.05) is 30.3 Å². The van der Waals surface area contributed by atoms with Gasteiger partial charge in [0.1, 0.15) is 0 Å². The molecule has 126 valence electrons. The summed E-state index contributed by atoms with van der Waals surface area (Å²) >= 11 is 1.50. The number of nitrogens with zero attached hydrogens (tertiary/aromatic N) is 1. The first kappa shape index (κ1) is 16.6. The number of carbonyl (C=O) groups excluding carboxylic acids is 1. The van der Waals surface area contributed by atoms with Crippen LogP contribution in [0.15, 0.2) is 52.7 Å². The molecule has 1 fully saturated rings. The van der Waals surface area contributed by atoms with Gasteiger partial charge in [0.05, 0.1) is 16.7 Å². The first-order chi connectivity index (χ1) is 11.5. The Kier molecular flexibility index (Phi) is 4.66. The number of ether oxygens (including phenoxy) is 1. The second kappa shape index (κ2) is 6.73. The van der Waals surface area contributed by atoms with Gasteiger partial charge in [-0.3, -0.25) is 0 Å². The molecule has 0 amide bonds. The number of carbonyl (C=O) groups is 2. The van der Waals surface area contributed by atoms with Crippen molar-refractivity contribution in [3.63, 3.8) is 0 Å². The second-order valence-corrected chi connectivity index (χ2v) is 6.97. The van der Waals surface area contributed by atoms with Crippen LogP contribution in [0.5, 0.6) is 0 Å². The number of fused-ring (bicyclic) bond motifs is 1. The SMILES string of the molecule is CC(C)OC(=O)C1=C2SCC(=CC(=O)O)N2CC1c1ccccc1. The normalized spacial score (nSPS) is 21.5. The number of hydrogen-bond acceptors (Lipinski definition) is 5. The molecule has 0 radical (unpaired) electrons. The minimum atomic E-state index is -0.971. The Bertz CT molecular complexity index is 724. The second-order valence-electron chi connectivity index (χ2n) is 6.01. The van der Waals surface area contributed by atoms with Crippen LogP contribution in [0.3, 0.4) is 0 Å². The molecular formula is C18H19NO4S. The number of carboxylic acids is 1. The number of benzene rings is 1. The molecule has 0 aliphatic carbocycles. The van der Waals surface area contributed by atoms with Crippen LogP contribution in [0.1, 0.15) is 25.3 Å². The van der Waals surface area contributed by atoms with Crippen molar-refractivity contribution in [2.45, 2.75) is 25.9 Å². The van der Waals surface area contributed by atoms with Gasteiger partial charge in [0, 0.05) is 30.0 Å². The minimum Gasteiger partial charge on any atom is -0.478 e. The van der Waals surface area contributed by atoms with E-state index in [0.29, 0.717) is 17.9 Å². The molecule has 1 aromatic carbocycles. The average molecular weight is 345 g/mol. The summed E-state index contributed by atoms with van der Waals surface area (Å²) in [4.78, 5) is 25.6. The monoisotopic (exact) mass is 345 g/mol. The maximum atomic E-state index is 12.7. The van der Waals surface area contributed by atoms with Gasteiger partial charge in [-0.25, -0.2) is 9.59 Å². The fourth-order valence-electron chi connectivity index (χ4n) is 3.00. The third-order valence-corrected chi connectivity index (χ3v) is 5.10. The van der Waals surface area contributed by atoms with Crippen molar-refractivity contribution in [1.29, 1.82) is 0 Å². The van der Waals surface area contributed by atoms with Gasteiger partial charge < -0.3 is 14.7 Å². The topological polar surface area (TPSA) is 66.8 Å². The van der Waals surface area contributed by atoms with Gasteiger partial charge in [0.25, 0.3) is 0 Å². The maximum absolute atomic E-state index is 12.7. The molecule has 1 N–H and O–H groups in total.